The average molecular weight is 222 g/mol. The zero-order chi connectivity index (χ0) is 11.4. The molecule has 1 saturated heterocycles. The third-order valence-electron chi connectivity index (χ3n) is 2.72. The number of nitrogens with two attached hydrogens (primary N) is 1. The fraction of sp³-hybridized carbons (Fsp3) is 0.636. The van der Waals surface area contributed by atoms with Gasteiger partial charge in [0, 0.05) is 25.5 Å². The van der Waals surface area contributed by atoms with Crippen LogP contribution in [0.3, 0.4) is 0 Å². The van der Waals surface area contributed by atoms with Crippen LogP contribution >= 0.6 is 0 Å². The summed E-state index contributed by atoms with van der Waals surface area (Å²) in [6, 6.07) is 0. The van der Waals surface area contributed by atoms with Gasteiger partial charge in [-0.3, -0.25) is 0 Å². The van der Waals surface area contributed by atoms with E-state index in [1.807, 2.05) is 12.4 Å². The highest BCUT2D eigenvalue weighted by atomic mass is 16.5. The maximum Gasteiger partial charge on any atom is 0.158 e. The van der Waals surface area contributed by atoms with Gasteiger partial charge in [-0.1, -0.05) is 0 Å². The minimum Gasteiger partial charge on any atom is -0.368 e. The van der Waals surface area contributed by atoms with Crippen LogP contribution in [0.4, 0.5) is 0 Å². The molecule has 1 aliphatic rings. The Hall–Kier alpha value is -1.04. The van der Waals surface area contributed by atoms with E-state index in [0.717, 1.165) is 37.5 Å². The third-order valence-corrected chi connectivity index (χ3v) is 2.72. The summed E-state index contributed by atoms with van der Waals surface area (Å²) in [6.45, 7) is 3.21. The van der Waals surface area contributed by atoms with E-state index in [1.54, 1.807) is 0 Å². The molecule has 0 saturated carbocycles. The first kappa shape index (κ1) is 11.4. The minimum absolute atomic E-state index is 0.00526. The van der Waals surface area contributed by atoms with Crippen molar-refractivity contribution < 1.29 is 4.74 Å². The summed E-state index contributed by atoms with van der Waals surface area (Å²) < 4.78 is 5.64. The fourth-order valence-electron chi connectivity index (χ4n) is 1.76. The van der Waals surface area contributed by atoms with Crippen LogP contribution in [0.2, 0.25) is 0 Å². The standard InChI is InChI=1S/C11H18N4O/c1-15-4-5-16-10(8-15)11-13-6-9(2-3-12)7-14-11/h6-7,10H,2-5,8,12H2,1H3. The lowest BCUT2D eigenvalue weighted by atomic mass is 10.2. The van der Waals surface area contributed by atoms with Crippen molar-refractivity contribution in [1.29, 1.82) is 0 Å². The Bertz CT molecular complexity index is 327. The van der Waals surface area contributed by atoms with Crippen molar-refractivity contribution in [2.45, 2.75) is 12.5 Å². The number of ether oxygens (including phenoxy) is 1. The maximum atomic E-state index is 5.64. The lowest BCUT2D eigenvalue weighted by Gasteiger charge is -2.28. The monoisotopic (exact) mass is 222 g/mol. The topological polar surface area (TPSA) is 64.3 Å². The van der Waals surface area contributed by atoms with Gasteiger partial charge in [-0.25, -0.2) is 9.97 Å². The summed E-state index contributed by atoms with van der Waals surface area (Å²) in [6.07, 6.45) is 4.51. The summed E-state index contributed by atoms with van der Waals surface area (Å²) in [4.78, 5) is 10.9. The molecule has 2 N–H and O–H groups in total. The van der Waals surface area contributed by atoms with Gasteiger partial charge in [-0.05, 0) is 25.6 Å². The van der Waals surface area contributed by atoms with Crippen LogP contribution in [0.1, 0.15) is 17.5 Å². The van der Waals surface area contributed by atoms with Crippen LogP contribution in [0.15, 0.2) is 12.4 Å². The number of nitrogens with zero attached hydrogens (tertiary/aromatic N) is 3. The molecular weight excluding hydrogens is 204 g/mol. The second kappa shape index (κ2) is 5.34. The summed E-state index contributed by atoms with van der Waals surface area (Å²) in [7, 11) is 2.08. The highest BCUT2D eigenvalue weighted by Crippen LogP contribution is 2.17. The quantitative estimate of drug-likeness (QED) is 0.778. The van der Waals surface area contributed by atoms with Crippen LogP contribution in [0.5, 0.6) is 0 Å². The van der Waals surface area contributed by atoms with Crippen molar-refractivity contribution in [1.82, 2.24) is 14.9 Å². The molecule has 0 bridgehead atoms. The van der Waals surface area contributed by atoms with Crippen molar-refractivity contribution in [2.24, 2.45) is 5.73 Å². The van der Waals surface area contributed by atoms with Crippen LogP contribution in [0, 0.1) is 0 Å². The molecule has 1 aromatic rings. The van der Waals surface area contributed by atoms with Crippen molar-refractivity contribution in [2.75, 3.05) is 33.3 Å². The molecule has 5 heteroatoms. The first-order chi connectivity index (χ1) is 7.79. The number of morpholine rings is 1. The summed E-state index contributed by atoms with van der Waals surface area (Å²) in [5.74, 6) is 0.771. The van der Waals surface area contributed by atoms with E-state index in [-0.39, 0.29) is 6.10 Å². The Balaban J connectivity index is 2.03. The summed E-state index contributed by atoms with van der Waals surface area (Å²) in [5, 5.41) is 0. The molecule has 0 aliphatic carbocycles. The lowest BCUT2D eigenvalue weighted by molar-refractivity contribution is -0.0255. The molecule has 0 spiro atoms. The van der Waals surface area contributed by atoms with Gasteiger partial charge in [0.2, 0.25) is 0 Å². The molecule has 16 heavy (non-hydrogen) atoms. The van der Waals surface area contributed by atoms with E-state index in [2.05, 4.69) is 21.9 Å². The predicted molar refractivity (Wildman–Crippen MR) is 61.0 cm³/mol. The van der Waals surface area contributed by atoms with Gasteiger partial charge in [0.05, 0.1) is 6.61 Å². The van der Waals surface area contributed by atoms with E-state index < -0.39 is 0 Å². The molecule has 2 heterocycles. The average Bonchev–Trinajstić information content (AvgIpc) is 2.30. The Morgan fingerprint density at radius 1 is 1.50 bits per heavy atom. The van der Waals surface area contributed by atoms with Gasteiger partial charge in [-0.15, -0.1) is 0 Å². The molecular formula is C11H18N4O. The number of hydrogen-bond donors (Lipinski definition) is 1. The molecule has 1 aliphatic heterocycles. The zero-order valence-electron chi connectivity index (χ0n) is 9.59. The highest BCUT2D eigenvalue weighted by Gasteiger charge is 2.21. The van der Waals surface area contributed by atoms with Gasteiger partial charge < -0.3 is 15.4 Å². The number of aromatic nitrogens is 2. The van der Waals surface area contributed by atoms with Crippen LogP contribution in [0.25, 0.3) is 0 Å². The second-order valence-corrected chi connectivity index (χ2v) is 4.11. The van der Waals surface area contributed by atoms with Crippen molar-refractivity contribution in [3.63, 3.8) is 0 Å². The fourth-order valence-corrected chi connectivity index (χ4v) is 1.76. The van der Waals surface area contributed by atoms with Gasteiger partial charge >= 0.3 is 0 Å². The van der Waals surface area contributed by atoms with Gasteiger partial charge in [0.15, 0.2) is 5.82 Å². The molecule has 0 aromatic carbocycles. The van der Waals surface area contributed by atoms with Crippen LogP contribution < -0.4 is 5.73 Å². The van der Waals surface area contributed by atoms with E-state index in [0.29, 0.717) is 6.54 Å². The third kappa shape index (κ3) is 2.75. The lowest BCUT2D eigenvalue weighted by Crippen LogP contribution is -2.36. The minimum atomic E-state index is 0.00526. The highest BCUT2D eigenvalue weighted by molar-refractivity contribution is 5.07. The summed E-state index contributed by atoms with van der Waals surface area (Å²) in [5.41, 5.74) is 6.55. The summed E-state index contributed by atoms with van der Waals surface area (Å²) >= 11 is 0. The van der Waals surface area contributed by atoms with Crippen LogP contribution in [-0.4, -0.2) is 48.2 Å². The Labute approximate surface area is 95.6 Å². The molecule has 1 unspecified atom stereocenters. The van der Waals surface area contributed by atoms with E-state index in [9.17, 15) is 0 Å². The molecule has 1 aromatic heterocycles. The molecule has 0 radical (unpaired) electrons. The normalized spacial score (nSPS) is 22.2. The van der Waals surface area contributed by atoms with E-state index in [4.69, 9.17) is 10.5 Å². The number of hydrogen-bond acceptors (Lipinski definition) is 5. The Morgan fingerprint density at radius 3 is 2.88 bits per heavy atom. The SMILES string of the molecule is CN1CCOC(c2ncc(CCN)cn2)C1. The number of rotatable bonds is 3. The molecule has 5 nitrogen and oxygen atoms in total. The predicted octanol–water partition coefficient (Wildman–Crippen LogP) is -0.0191. The first-order valence-electron chi connectivity index (χ1n) is 5.60. The van der Waals surface area contributed by atoms with Crippen molar-refractivity contribution >= 4 is 0 Å². The van der Waals surface area contributed by atoms with Gasteiger partial charge in [-0.2, -0.15) is 0 Å². The van der Waals surface area contributed by atoms with Crippen LogP contribution in [-0.2, 0) is 11.2 Å². The van der Waals surface area contributed by atoms with E-state index >= 15 is 0 Å². The first-order valence-corrected chi connectivity index (χ1v) is 5.60. The zero-order valence-corrected chi connectivity index (χ0v) is 9.59. The molecule has 2 rings (SSSR count). The van der Waals surface area contributed by atoms with Gasteiger partial charge in [0.1, 0.15) is 6.10 Å². The Kier molecular flexibility index (Phi) is 3.82. The number of likely N-dealkylation sites (N-methyl/N-ethyl adjacent to an activating group) is 1. The molecule has 88 valence electrons. The molecule has 1 fully saturated rings. The van der Waals surface area contributed by atoms with Gasteiger partial charge in [0.25, 0.3) is 0 Å². The maximum absolute atomic E-state index is 5.64. The second-order valence-electron chi connectivity index (χ2n) is 4.11. The van der Waals surface area contributed by atoms with Crippen molar-refractivity contribution in [3.05, 3.63) is 23.8 Å². The molecule has 0 amide bonds. The van der Waals surface area contributed by atoms with Crippen molar-refractivity contribution in [3.8, 4) is 0 Å². The Morgan fingerprint density at radius 2 is 2.25 bits per heavy atom. The smallest absolute Gasteiger partial charge is 0.158 e. The molecule has 1 atom stereocenters. The van der Waals surface area contributed by atoms with E-state index in [1.165, 1.54) is 0 Å². The largest absolute Gasteiger partial charge is 0.368 e.